The van der Waals surface area contributed by atoms with Gasteiger partial charge in [-0.2, -0.15) is 0 Å². The van der Waals surface area contributed by atoms with Crippen LogP contribution in [0.25, 0.3) is 0 Å². The highest BCUT2D eigenvalue weighted by Crippen LogP contribution is 2.37. The van der Waals surface area contributed by atoms with E-state index in [0.29, 0.717) is 6.61 Å². The van der Waals surface area contributed by atoms with Crippen molar-refractivity contribution in [2.45, 2.75) is 91.2 Å². The van der Waals surface area contributed by atoms with Gasteiger partial charge >= 0.3 is 0 Å². The average Bonchev–Trinajstić information content (AvgIpc) is 2.18. The molecule has 0 heterocycles. The van der Waals surface area contributed by atoms with Crippen molar-refractivity contribution in [3.8, 4) is 0 Å². The van der Waals surface area contributed by atoms with Crippen LogP contribution in [0, 0.1) is 5.41 Å². The van der Waals surface area contributed by atoms with Crippen LogP contribution in [-0.4, -0.2) is 29.9 Å². The molecular weight excluding hydrogens is 298 g/mol. The molecule has 3 nitrogen and oxygen atoms in total. The van der Waals surface area contributed by atoms with Gasteiger partial charge in [0.15, 0.2) is 8.32 Å². The minimum absolute atomic E-state index is 0.00325. The van der Waals surface area contributed by atoms with Crippen molar-refractivity contribution in [1.82, 2.24) is 4.72 Å². The molecule has 0 unspecified atom stereocenters. The monoisotopic (exact) mass is 335 g/mol. The molecule has 0 aromatic rings. The molecule has 128 valence electrons. The predicted octanol–water partition coefficient (Wildman–Crippen LogP) is 4.47. The standard InChI is InChI=1S/C16H37NO2SSi/c1-14(2,3)13(17-20(18)15(4,5)6)12-19-21(10,11)16(7,8)9/h13,17H,12H2,1-11H3/t13-,20+/m0/s1. The van der Waals surface area contributed by atoms with Crippen LogP contribution in [-0.2, 0) is 15.4 Å². The lowest BCUT2D eigenvalue weighted by molar-refractivity contribution is 0.181. The van der Waals surface area contributed by atoms with Gasteiger partial charge in [0.1, 0.15) is 0 Å². The maximum Gasteiger partial charge on any atom is 0.192 e. The van der Waals surface area contributed by atoms with Crippen LogP contribution in [0.3, 0.4) is 0 Å². The molecule has 0 aromatic carbocycles. The molecule has 0 saturated carbocycles. The predicted molar refractivity (Wildman–Crippen MR) is 97.4 cm³/mol. The molecule has 2 atom stereocenters. The van der Waals surface area contributed by atoms with Gasteiger partial charge in [0, 0.05) is 6.04 Å². The van der Waals surface area contributed by atoms with Crippen molar-refractivity contribution in [1.29, 1.82) is 0 Å². The molecule has 0 aliphatic heterocycles. The molecule has 21 heavy (non-hydrogen) atoms. The van der Waals surface area contributed by atoms with Crippen LogP contribution in [0.15, 0.2) is 0 Å². The Bertz CT molecular complexity index is 362. The quantitative estimate of drug-likeness (QED) is 0.753. The minimum Gasteiger partial charge on any atom is -0.415 e. The number of rotatable bonds is 5. The van der Waals surface area contributed by atoms with Gasteiger partial charge in [-0.05, 0) is 44.3 Å². The summed E-state index contributed by atoms with van der Waals surface area (Å²) in [5.74, 6) is 0. The zero-order valence-electron chi connectivity index (χ0n) is 16.0. The highest BCUT2D eigenvalue weighted by atomic mass is 32.2. The first-order valence-electron chi connectivity index (χ1n) is 7.80. The molecule has 0 rings (SSSR count). The van der Waals surface area contributed by atoms with E-state index in [0.717, 1.165) is 0 Å². The van der Waals surface area contributed by atoms with Gasteiger partial charge in [-0.1, -0.05) is 41.5 Å². The molecule has 0 radical (unpaired) electrons. The minimum atomic E-state index is -1.78. The van der Waals surface area contributed by atoms with E-state index in [1.54, 1.807) is 0 Å². The number of hydrogen-bond acceptors (Lipinski definition) is 2. The van der Waals surface area contributed by atoms with Crippen molar-refractivity contribution in [2.75, 3.05) is 6.61 Å². The van der Waals surface area contributed by atoms with Crippen molar-refractivity contribution >= 4 is 19.3 Å². The van der Waals surface area contributed by atoms with E-state index in [1.807, 2.05) is 20.8 Å². The summed E-state index contributed by atoms with van der Waals surface area (Å²) in [5.41, 5.74) is 0.00325. The molecular formula is C16H37NO2SSi. The molecule has 0 aliphatic rings. The van der Waals surface area contributed by atoms with E-state index < -0.39 is 19.3 Å². The van der Waals surface area contributed by atoms with Crippen LogP contribution in [0.5, 0.6) is 0 Å². The van der Waals surface area contributed by atoms with E-state index in [4.69, 9.17) is 4.43 Å². The SMILES string of the molecule is CC(C)(C)[C@H](CO[Si](C)(C)C(C)(C)C)N[S@](=O)C(C)(C)C. The summed E-state index contributed by atoms with van der Waals surface area (Å²) >= 11 is 0. The van der Waals surface area contributed by atoms with Gasteiger partial charge in [0.05, 0.1) is 22.3 Å². The van der Waals surface area contributed by atoms with Crippen LogP contribution in [0.1, 0.15) is 62.3 Å². The third-order valence-corrected chi connectivity index (χ3v) is 10.4. The lowest BCUT2D eigenvalue weighted by Gasteiger charge is -2.40. The lowest BCUT2D eigenvalue weighted by Crippen LogP contribution is -2.51. The van der Waals surface area contributed by atoms with Gasteiger partial charge < -0.3 is 4.43 Å². The van der Waals surface area contributed by atoms with Crippen LogP contribution >= 0.6 is 0 Å². The Morgan fingerprint density at radius 2 is 1.43 bits per heavy atom. The first-order chi connectivity index (χ1) is 8.98. The van der Waals surface area contributed by atoms with Crippen LogP contribution in [0.4, 0.5) is 0 Å². The maximum absolute atomic E-state index is 12.4. The first-order valence-corrected chi connectivity index (χ1v) is 11.9. The fourth-order valence-electron chi connectivity index (χ4n) is 1.27. The third kappa shape index (κ3) is 6.93. The molecule has 0 fully saturated rings. The number of nitrogens with one attached hydrogen (secondary N) is 1. The molecule has 0 saturated heterocycles. The van der Waals surface area contributed by atoms with Crippen LogP contribution < -0.4 is 4.72 Å². The summed E-state index contributed by atoms with van der Waals surface area (Å²) in [7, 11) is -2.86. The topological polar surface area (TPSA) is 38.3 Å². The normalized spacial score (nSPS) is 17.7. The van der Waals surface area contributed by atoms with Crippen molar-refractivity contribution in [2.24, 2.45) is 5.41 Å². The smallest absolute Gasteiger partial charge is 0.192 e. The molecule has 0 bridgehead atoms. The Kier molecular flexibility index (Phi) is 6.90. The molecule has 0 amide bonds. The van der Waals surface area contributed by atoms with E-state index in [2.05, 4.69) is 59.4 Å². The summed E-state index contributed by atoms with van der Waals surface area (Å²) < 4.78 is 21.8. The fourth-order valence-corrected chi connectivity index (χ4v) is 3.32. The highest BCUT2D eigenvalue weighted by Gasteiger charge is 2.39. The van der Waals surface area contributed by atoms with Gasteiger partial charge in [0.2, 0.25) is 0 Å². The van der Waals surface area contributed by atoms with Crippen LogP contribution in [0.2, 0.25) is 18.1 Å². The van der Waals surface area contributed by atoms with Crippen molar-refractivity contribution < 1.29 is 8.63 Å². The van der Waals surface area contributed by atoms with Crippen molar-refractivity contribution in [3.63, 3.8) is 0 Å². The van der Waals surface area contributed by atoms with Gasteiger partial charge in [-0.25, -0.2) is 8.93 Å². The average molecular weight is 336 g/mol. The van der Waals surface area contributed by atoms with Gasteiger partial charge in [-0.3, -0.25) is 0 Å². The Hall–Kier alpha value is 0.287. The van der Waals surface area contributed by atoms with Crippen molar-refractivity contribution in [3.05, 3.63) is 0 Å². The first kappa shape index (κ1) is 21.3. The van der Waals surface area contributed by atoms with E-state index in [-0.39, 0.29) is 21.2 Å². The summed E-state index contributed by atoms with van der Waals surface area (Å²) in [6.45, 7) is 24.3. The summed E-state index contributed by atoms with van der Waals surface area (Å²) in [6, 6.07) is 0.0756. The Morgan fingerprint density at radius 1 is 1.00 bits per heavy atom. The van der Waals surface area contributed by atoms with Gasteiger partial charge in [0.25, 0.3) is 0 Å². The molecule has 0 spiro atoms. The molecule has 1 N–H and O–H groups in total. The van der Waals surface area contributed by atoms with E-state index in [1.165, 1.54) is 0 Å². The Labute approximate surface area is 136 Å². The summed E-state index contributed by atoms with van der Waals surface area (Å²) in [4.78, 5) is 0. The Balaban J connectivity index is 4.95. The second-order valence-corrected chi connectivity index (χ2v) is 16.3. The maximum atomic E-state index is 12.4. The highest BCUT2D eigenvalue weighted by molar-refractivity contribution is 7.84. The molecule has 5 heteroatoms. The second kappa shape index (κ2) is 6.81. The molecule has 0 aliphatic carbocycles. The number of hydrogen-bond donors (Lipinski definition) is 1. The summed E-state index contributed by atoms with van der Waals surface area (Å²) in [5, 5.41) is 0.193. The molecule has 0 aromatic heterocycles. The zero-order chi connectivity index (χ0) is 17.3. The lowest BCUT2D eigenvalue weighted by atomic mass is 9.88. The van der Waals surface area contributed by atoms with E-state index >= 15 is 0 Å². The zero-order valence-corrected chi connectivity index (χ0v) is 17.8. The largest absolute Gasteiger partial charge is 0.415 e. The summed E-state index contributed by atoms with van der Waals surface area (Å²) in [6.07, 6.45) is 0. The fraction of sp³-hybridized carbons (Fsp3) is 1.00. The van der Waals surface area contributed by atoms with Gasteiger partial charge in [-0.15, -0.1) is 0 Å². The third-order valence-electron chi connectivity index (χ3n) is 4.27. The second-order valence-electron chi connectivity index (χ2n) is 9.49. The Morgan fingerprint density at radius 3 is 1.71 bits per heavy atom. The van der Waals surface area contributed by atoms with E-state index in [9.17, 15) is 4.21 Å².